The molecule has 0 aliphatic carbocycles. The van der Waals surface area contributed by atoms with E-state index in [1.165, 1.54) is 6.07 Å². The number of carbonyl (C=O) groups excluding carboxylic acids is 2. The Morgan fingerprint density at radius 3 is 2.74 bits per heavy atom. The summed E-state index contributed by atoms with van der Waals surface area (Å²) in [5, 5.41) is 3.02. The Kier molecular flexibility index (Phi) is 6.59. The van der Waals surface area contributed by atoms with E-state index in [2.05, 4.69) is 5.32 Å². The van der Waals surface area contributed by atoms with Crippen LogP contribution in [0.4, 0.5) is 4.39 Å². The van der Waals surface area contributed by atoms with Crippen LogP contribution in [0.3, 0.4) is 0 Å². The summed E-state index contributed by atoms with van der Waals surface area (Å²) in [5.41, 5.74) is 2.93. The fourth-order valence-corrected chi connectivity index (χ4v) is 4.15. The molecule has 3 aromatic rings. The van der Waals surface area contributed by atoms with Crippen molar-refractivity contribution in [1.29, 1.82) is 0 Å². The molecule has 1 fully saturated rings. The molecule has 0 amide bonds. The van der Waals surface area contributed by atoms with Crippen molar-refractivity contribution in [3.8, 4) is 22.6 Å². The maximum absolute atomic E-state index is 14.6. The van der Waals surface area contributed by atoms with Crippen LogP contribution >= 0.6 is 0 Å². The molecule has 6 nitrogen and oxygen atoms in total. The molecular formula is C28H24FNO5. The molecule has 2 aliphatic heterocycles. The van der Waals surface area contributed by atoms with E-state index in [1.807, 2.05) is 18.2 Å². The Morgan fingerprint density at radius 1 is 1.09 bits per heavy atom. The number of halogens is 1. The first-order chi connectivity index (χ1) is 17.1. The fraction of sp³-hybridized carbons (Fsp3) is 0.214. The molecule has 0 saturated carbocycles. The largest absolute Gasteiger partial charge is 0.489 e. The van der Waals surface area contributed by atoms with E-state index in [4.69, 9.17) is 14.2 Å². The molecule has 1 saturated heterocycles. The third-order valence-corrected chi connectivity index (χ3v) is 6.00. The van der Waals surface area contributed by atoms with Gasteiger partial charge in [0.05, 0.1) is 5.56 Å². The minimum Gasteiger partial charge on any atom is -0.489 e. The summed E-state index contributed by atoms with van der Waals surface area (Å²) in [4.78, 5) is 24.5. The third kappa shape index (κ3) is 5.25. The van der Waals surface area contributed by atoms with E-state index >= 15 is 0 Å². The molecule has 2 heterocycles. The van der Waals surface area contributed by atoms with Gasteiger partial charge in [-0.2, -0.15) is 0 Å². The molecule has 5 rings (SSSR count). The van der Waals surface area contributed by atoms with Crippen molar-refractivity contribution in [2.45, 2.75) is 25.5 Å². The number of benzene rings is 3. The number of fused-ring (bicyclic) bond motifs is 1. The number of esters is 2. The normalized spacial score (nSPS) is 16.3. The molecule has 178 valence electrons. The number of carbonyl (C=O) groups is 2. The minimum absolute atomic E-state index is 0.214. The molecule has 0 unspecified atom stereocenters. The highest BCUT2D eigenvalue weighted by molar-refractivity contribution is 5.98. The van der Waals surface area contributed by atoms with Gasteiger partial charge in [-0.1, -0.05) is 30.3 Å². The van der Waals surface area contributed by atoms with Crippen LogP contribution in [0, 0.1) is 5.82 Å². The molecule has 35 heavy (non-hydrogen) atoms. The summed E-state index contributed by atoms with van der Waals surface area (Å²) >= 11 is 0. The van der Waals surface area contributed by atoms with Gasteiger partial charge in [0, 0.05) is 11.1 Å². The van der Waals surface area contributed by atoms with Crippen LogP contribution in [0.5, 0.6) is 11.5 Å². The Hall–Kier alpha value is -3.97. The second-order valence-corrected chi connectivity index (χ2v) is 8.45. The van der Waals surface area contributed by atoms with Gasteiger partial charge >= 0.3 is 11.9 Å². The van der Waals surface area contributed by atoms with Gasteiger partial charge < -0.3 is 19.5 Å². The van der Waals surface area contributed by atoms with Crippen LogP contribution in [0.2, 0.25) is 0 Å². The highest BCUT2D eigenvalue weighted by atomic mass is 19.1. The summed E-state index contributed by atoms with van der Waals surface area (Å²) in [6, 6.07) is 16.6. The van der Waals surface area contributed by atoms with E-state index in [-0.39, 0.29) is 18.0 Å². The number of hydrogen-bond donors (Lipinski definition) is 1. The molecule has 0 bridgehead atoms. The van der Waals surface area contributed by atoms with Crippen LogP contribution in [-0.2, 0) is 16.1 Å². The van der Waals surface area contributed by atoms with Gasteiger partial charge in [-0.25, -0.2) is 14.0 Å². The lowest BCUT2D eigenvalue weighted by molar-refractivity contribution is -0.139. The molecule has 1 atom stereocenters. The molecule has 1 N–H and O–H groups in total. The summed E-state index contributed by atoms with van der Waals surface area (Å²) in [6.07, 6.45) is 5.25. The van der Waals surface area contributed by atoms with E-state index in [0.29, 0.717) is 35.7 Å². The molecule has 7 heteroatoms. The van der Waals surface area contributed by atoms with Gasteiger partial charge in [0.25, 0.3) is 0 Å². The molecule has 0 spiro atoms. The van der Waals surface area contributed by atoms with Crippen LogP contribution < -0.4 is 14.8 Å². The summed E-state index contributed by atoms with van der Waals surface area (Å²) < 4.78 is 31.1. The lowest BCUT2D eigenvalue weighted by atomic mass is 10.0. The standard InChI is InChI=1S/C28H24FNO5/c29-24-15-20-6-3-13-33-26(20)16-23(24)19-8-10-22(11-9-19)34-17-18-4-1-5-21(14-18)27(31)35-28(32)25-7-2-12-30-25/h1,3-6,8-11,14-16,25,30H,2,7,12-13,17H2/t25-/m0/s1. The lowest BCUT2D eigenvalue weighted by Gasteiger charge is -2.15. The van der Waals surface area contributed by atoms with E-state index in [1.54, 1.807) is 48.5 Å². The average Bonchev–Trinajstić information content (AvgIpc) is 3.43. The zero-order valence-electron chi connectivity index (χ0n) is 19.0. The number of nitrogens with one attached hydrogen (secondary N) is 1. The van der Waals surface area contributed by atoms with Crippen molar-refractivity contribution in [3.05, 3.63) is 89.2 Å². The van der Waals surface area contributed by atoms with Gasteiger partial charge in [-0.15, -0.1) is 0 Å². The number of hydrogen-bond acceptors (Lipinski definition) is 6. The average molecular weight is 474 g/mol. The molecule has 0 radical (unpaired) electrons. The minimum atomic E-state index is -0.679. The van der Waals surface area contributed by atoms with E-state index in [0.717, 1.165) is 24.1 Å². The zero-order chi connectivity index (χ0) is 24.2. The number of ether oxygens (including phenoxy) is 3. The van der Waals surface area contributed by atoms with Gasteiger partial charge in [-0.3, -0.25) is 0 Å². The predicted octanol–water partition coefficient (Wildman–Crippen LogP) is 4.91. The van der Waals surface area contributed by atoms with Gasteiger partial charge in [-0.05, 0) is 73.0 Å². The first-order valence-corrected chi connectivity index (χ1v) is 11.5. The first kappa shape index (κ1) is 22.8. The highest BCUT2D eigenvalue weighted by Gasteiger charge is 2.26. The van der Waals surface area contributed by atoms with Crippen LogP contribution in [0.15, 0.2) is 66.7 Å². The Bertz CT molecular complexity index is 1280. The Morgan fingerprint density at radius 2 is 1.94 bits per heavy atom. The fourth-order valence-electron chi connectivity index (χ4n) is 4.15. The Labute approximate surface area is 202 Å². The third-order valence-electron chi connectivity index (χ3n) is 6.00. The lowest BCUT2D eigenvalue weighted by Crippen LogP contribution is -2.33. The van der Waals surface area contributed by atoms with Gasteiger partial charge in [0.15, 0.2) is 0 Å². The monoisotopic (exact) mass is 473 g/mol. The van der Waals surface area contributed by atoms with Crippen LogP contribution in [0.25, 0.3) is 17.2 Å². The van der Waals surface area contributed by atoms with Crippen molar-refractivity contribution in [3.63, 3.8) is 0 Å². The van der Waals surface area contributed by atoms with Crippen LogP contribution in [0.1, 0.15) is 34.3 Å². The molecular weight excluding hydrogens is 449 g/mol. The molecule has 2 aliphatic rings. The Balaban J connectivity index is 1.21. The quantitative estimate of drug-likeness (QED) is 0.405. The van der Waals surface area contributed by atoms with E-state index in [9.17, 15) is 14.0 Å². The van der Waals surface area contributed by atoms with Gasteiger partial charge in [0.2, 0.25) is 0 Å². The topological polar surface area (TPSA) is 73.9 Å². The highest BCUT2D eigenvalue weighted by Crippen LogP contribution is 2.33. The molecule has 0 aromatic heterocycles. The van der Waals surface area contributed by atoms with Crippen molar-refractivity contribution in [1.82, 2.24) is 5.32 Å². The first-order valence-electron chi connectivity index (χ1n) is 11.5. The van der Waals surface area contributed by atoms with E-state index < -0.39 is 18.0 Å². The maximum atomic E-state index is 14.6. The van der Waals surface area contributed by atoms with Crippen molar-refractivity contribution in [2.75, 3.05) is 13.2 Å². The predicted molar refractivity (Wildman–Crippen MR) is 129 cm³/mol. The SMILES string of the molecule is O=C(OC(=O)[C@@H]1CCCN1)c1cccc(COc2ccc(-c3cc4c(cc3F)C=CCO4)cc2)c1. The second kappa shape index (κ2) is 10.1. The number of rotatable bonds is 6. The van der Waals surface area contributed by atoms with Gasteiger partial charge in [0.1, 0.15) is 36.6 Å². The maximum Gasteiger partial charge on any atom is 0.345 e. The van der Waals surface area contributed by atoms with Crippen molar-refractivity contribution < 1.29 is 28.2 Å². The summed E-state index contributed by atoms with van der Waals surface area (Å²) in [6.45, 7) is 1.43. The zero-order valence-corrected chi connectivity index (χ0v) is 19.0. The second-order valence-electron chi connectivity index (χ2n) is 8.45. The van der Waals surface area contributed by atoms with Crippen molar-refractivity contribution >= 4 is 18.0 Å². The molecule has 3 aromatic carbocycles. The van der Waals surface area contributed by atoms with Crippen LogP contribution in [-0.4, -0.2) is 31.1 Å². The smallest absolute Gasteiger partial charge is 0.345 e. The summed E-state index contributed by atoms with van der Waals surface area (Å²) in [7, 11) is 0. The van der Waals surface area contributed by atoms with Crippen molar-refractivity contribution in [2.24, 2.45) is 0 Å². The summed E-state index contributed by atoms with van der Waals surface area (Å²) in [5.74, 6) is -0.293.